The monoisotopic (exact) mass is 309 g/mol. The van der Waals surface area contributed by atoms with Crippen molar-refractivity contribution >= 4 is 11.8 Å². The van der Waals surface area contributed by atoms with Crippen molar-refractivity contribution in [3.8, 4) is 6.07 Å². The van der Waals surface area contributed by atoms with E-state index in [1.165, 1.54) is 36.9 Å². The van der Waals surface area contributed by atoms with Gasteiger partial charge in [-0.2, -0.15) is 5.26 Å². The van der Waals surface area contributed by atoms with E-state index in [0.717, 1.165) is 29.2 Å². The van der Waals surface area contributed by atoms with Crippen LogP contribution in [-0.4, -0.2) is 9.97 Å². The summed E-state index contributed by atoms with van der Waals surface area (Å²) in [5, 5.41) is 10.3. The second kappa shape index (κ2) is 7.42. The highest BCUT2D eigenvalue weighted by Crippen LogP contribution is 2.28. The number of fused-ring (bicyclic) bond motifs is 1. The van der Waals surface area contributed by atoms with Crippen molar-refractivity contribution in [2.75, 3.05) is 0 Å². The van der Waals surface area contributed by atoms with Gasteiger partial charge in [0, 0.05) is 23.8 Å². The van der Waals surface area contributed by atoms with Crippen LogP contribution in [0.3, 0.4) is 0 Å². The van der Waals surface area contributed by atoms with E-state index in [1.54, 1.807) is 18.0 Å². The van der Waals surface area contributed by atoms with Crippen LogP contribution in [-0.2, 0) is 18.6 Å². The van der Waals surface area contributed by atoms with E-state index in [9.17, 15) is 5.26 Å². The summed E-state index contributed by atoms with van der Waals surface area (Å²) < 4.78 is 0. The van der Waals surface area contributed by atoms with Crippen LogP contribution >= 0.6 is 11.8 Å². The number of hydrogen-bond donors (Lipinski definition) is 0. The van der Waals surface area contributed by atoms with Gasteiger partial charge < -0.3 is 0 Å². The fourth-order valence-electron chi connectivity index (χ4n) is 2.79. The van der Waals surface area contributed by atoms with Crippen LogP contribution in [0.25, 0.3) is 0 Å². The van der Waals surface area contributed by atoms with E-state index in [1.807, 2.05) is 12.3 Å². The summed E-state index contributed by atoms with van der Waals surface area (Å²) in [6.07, 6.45) is 10.7. The molecular formula is C18H19N3S. The highest BCUT2D eigenvalue weighted by Gasteiger charge is 2.14. The molecule has 1 aliphatic carbocycles. The molecule has 0 N–H and O–H groups in total. The lowest BCUT2D eigenvalue weighted by Gasteiger charge is -2.15. The normalized spacial score (nSPS) is 14.5. The number of aromatic nitrogens is 2. The summed E-state index contributed by atoms with van der Waals surface area (Å²) in [4.78, 5) is 8.95. The second-order valence-corrected chi connectivity index (χ2v) is 6.59. The molecule has 0 bridgehead atoms. The molecular weight excluding hydrogens is 290 g/mol. The Balaban J connectivity index is 1.83. The van der Waals surface area contributed by atoms with Crippen molar-refractivity contribution in [2.24, 2.45) is 0 Å². The fraction of sp³-hybridized carbons (Fsp3) is 0.389. The molecule has 0 spiro atoms. The Morgan fingerprint density at radius 2 is 2.05 bits per heavy atom. The molecule has 0 amide bonds. The summed E-state index contributed by atoms with van der Waals surface area (Å²) >= 11 is 1.64. The van der Waals surface area contributed by atoms with E-state index in [2.05, 4.69) is 23.2 Å². The van der Waals surface area contributed by atoms with Crippen LogP contribution in [0, 0.1) is 11.3 Å². The van der Waals surface area contributed by atoms with E-state index < -0.39 is 0 Å². The molecule has 3 nitrogen and oxygen atoms in total. The first-order valence-corrected chi connectivity index (χ1v) is 8.80. The lowest BCUT2D eigenvalue weighted by atomic mass is 9.96. The van der Waals surface area contributed by atoms with Gasteiger partial charge >= 0.3 is 0 Å². The average molecular weight is 309 g/mol. The molecule has 0 unspecified atom stereocenters. The second-order valence-electron chi connectivity index (χ2n) is 5.62. The SMILES string of the molecule is N#Cc1cc2c(nc1SCc1cccnc1)CCCCCC2. The molecule has 3 rings (SSSR count). The zero-order valence-electron chi connectivity index (χ0n) is 12.6. The van der Waals surface area contributed by atoms with E-state index >= 15 is 0 Å². The van der Waals surface area contributed by atoms with Gasteiger partial charge in [0.25, 0.3) is 0 Å². The molecule has 22 heavy (non-hydrogen) atoms. The predicted molar refractivity (Wildman–Crippen MR) is 88.6 cm³/mol. The van der Waals surface area contributed by atoms with Gasteiger partial charge in [-0.3, -0.25) is 4.98 Å². The predicted octanol–water partition coefficient (Wildman–Crippen LogP) is 4.30. The van der Waals surface area contributed by atoms with Crippen molar-refractivity contribution < 1.29 is 0 Å². The fourth-order valence-corrected chi connectivity index (χ4v) is 3.70. The molecule has 0 aliphatic heterocycles. The summed E-state index contributed by atoms with van der Waals surface area (Å²) in [5.74, 6) is 0.800. The van der Waals surface area contributed by atoms with E-state index in [4.69, 9.17) is 4.98 Å². The first kappa shape index (κ1) is 15.1. The maximum atomic E-state index is 9.43. The van der Waals surface area contributed by atoms with E-state index in [-0.39, 0.29) is 0 Å². The van der Waals surface area contributed by atoms with Crippen molar-refractivity contribution in [1.29, 1.82) is 5.26 Å². The van der Waals surface area contributed by atoms with Gasteiger partial charge in [0.05, 0.1) is 5.56 Å². The molecule has 0 saturated carbocycles. The van der Waals surface area contributed by atoms with Gasteiger partial charge in [0.15, 0.2) is 0 Å². The molecule has 1 aliphatic rings. The molecule has 2 heterocycles. The third kappa shape index (κ3) is 3.66. The molecule has 0 atom stereocenters. The van der Waals surface area contributed by atoms with Gasteiger partial charge in [-0.1, -0.05) is 18.9 Å². The minimum Gasteiger partial charge on any atom is -0.264 e. The van der Waals surface area contributed by atoms with Crippen molar-refractivity contribution in [2.45, 2.75) is 49.3 Å². The Bertz CT molecular complexity index is 677. The maximum absolute atomic E-state index is 9.43. The number of hydrogen-bond acceptors (Lipinski definition) is 4. The molecule has 4 heteroatoms. The highest BCUT2D eigenvalue weighted by molar-refractivity contribution is 7.98. The Kier molecular flexibility index (Phi) is 5.07. The highest BCUT2D eigenvalue weighted by atomic mass is 32.2. The summed E-state index contributed by atoms with van der Waals surface area (Å²) in [6, 6.07) is 8.38. The molecule has 0 saturated heterocycles. The largest absolute Gasteiger partial charge is 0.264 e. The minimum absolute atomic E-state index is 0.716. The number of thioether (sulfide) groups is 1. The van der Waals surface area contributed by atoms with Gasteiger partial charge in [-0.05, 0) is 48.9 Å². The standard InChI is InChI=1S/C18H19N3S/c19-11-16-10-15-7-3-1-2-4-8-17(15)21-18(16)22-13-14-6-5-9-20-12-14/h5-6,9-10,12H,1-4,7-8,13H2. The van der Waals surface area contributed by atoms with Crippen LogP contribution in [0.2, 0.25) is 0 Å². The van der Waals surface area contributed by atoms with Crippen LogP contribution in [0.15, 0.2) is 35.6 Å². The van der Waals surface area contributed by atoms with Crippen molar-refractivity contribution in [1.82, 2.24) is 9.97 Å². The van der Waals surface area contributed by atoms with Crippen LogP contribution in [0.4, 0.5) is 0 Å². The third-order valence-electron chi connectivity index (χ3n) is 3.98. The number of rotatable bonds is 3. The lowest BCUT2D eigenvalue weighted by Crippen LogP contribution is -2.05. The van der Waals surface area contributed by atoms with Crippen LogP contribution in [0.1, 0.15) is 48.1 Å². The summed E-state index contributed by atoms with van der Waals surface area (Å²) in [5.41, 5.74) is 4.35. The zero-order valence-corrected chi connectivity index (χ0v) is 13.4. The number of nitriles is 1. The third-order valence-corrected chi connectivity index (χ3v) is 5.05. The number of pyridine rings is 2. The van der Waals surface area contributed by atoms with Crippen LogP contribution in [0.5, 0.6) is 0 Å². The molecule has 2 aromatic heterocycles. The summed E-state index contributed by atoms with van der Waals surface area (Å²) in [6.45, 7) is 0. The van der Waals surface area contributed by atoms with Gasteiger partial charge in [-0.25, -0.2) is 4.98 Å². The topological polar surface area (TPSA) is 49.6 Å². The first-order chi connectivity index (χ1) is 10.9. The van der Waals surface area contributed by atoms with Gasteiger partial charge in [-0.15, -0.1) is 11.8 Å². The van der Waals surface area contributed by atoms with Crippen LogP contribution < -0.4 is 0 Å². The minimum atomic E-state index is 0.716. The van der Waals surface area contributed by atoms with Gasteiger partial charge in [0.1, 0.15) is 11.1 Å². The summed E-state index contributed by atoms with van der Waals surface area (Å²) in [7, 11) is 0. The molecule has 2 aromatic rings. The van der Waals surface area contributed by atoms with Crippen molar-refractivity contribution in [3.05, 3.63) is 53.0 Å². The molecule has 0 aromatic carbocycles. The molecule has 0 fully saturated rings. The molecule has 0 radical (unpaired) electrons. The Labute approximate surface area is 135 Å². The first-order valence-electron chi connectivity index (χ1n) is 7.81. The number of aryl methyl sites for hydroxylation is 2. The zero-order chi connectivity index (χ0) is 15.2. The Morgan fingerprint density at radius 1 is 1.18 bits per heavy atom. The molecule has 112 valence electrons. The van der Waals surface area contributed by atoms with E-state index in [0.29, 0.717) is 5.56 Å². The lowest BCUT2D eigenvalue weighted by molar-refractivity contribution is 0.605. The Morgan fingerprint density at radius 3 is 2.82 bits per heavy atom. The van der Waals surface area contributed by atoms with Gasteiger partial charge in [0.2, 0.25) is 0 Å². The number of nitrogens with zero attached hydrogens (tertiary/aromatic N) is 3. The Hall–Kier alpha value is -1.86. The quantitative estimate of drug-likeness (QED) is 0.793. The van der Waals surface area contributed by atoms with Crippen molar-refractivity contribution in [3.63, 3.8) is 0 Å². The smallest absolute Gasteiger partial charge is 0.114 e. The average Bonchev–Trinajstić information content (AvgIpc) is 2.54. The maximum Gasteiger partial charge on any atom is 0.114 e.